The van der Waals surface area contributed by atoms with Crippen LogP contribution in [0, 0.1) is 6.92 Å². The zero-order chi connectivity index (χ0) is 10.8. The van der Waals surface area contributed by atoms with Gasteiger partial charge < -0.3 is 5.11 Å². The van der Waals surface area contributed by atoms with Crippen LogP contribution < -0.4 is 0 Å². The molecule has 0 saturated heterocycles. The van der Waals surface area contributed by atoms with Crippen LogP contribution in [0.1, 0.15) is 11.3 Å². The number of rotatable bonds is 3. The molecule has 0 spiro atoms. The summed E-state index contributed by atoms with van der Waals surface area (Å²) in [6.07, 6.45) is 1.64. The highest BCUT2D eigenvalue weighted by atomic mass is 16.4. The average molecular weight is 206 g/mol. The first-order chi connectivity index (χ1) is 7.16. The van der Waals surface area contributed by atoms with Crippen LogP contribution in [-0.2, 0) is 11.2 Å². The predicted molar refractivity (Wildman–Crippen MR) is 52.2 cm³/mol. The molecule has 0 fully saturated rings. The Bertz CT molecular complexity index is 486. The Hall–Kier alpha value is -2.11. The zero-order valence-corrected chi connectivity index (χ0v) is 8.11. The predicted octanol–water partition coefficient (Wildman–Crippen LogP) is 0.735. The van der Waals surface area contributed by atoms with E-state index in [2.05, 4.69) is 20.4 Å². The molecule has 78 valence electrons. The molecule has 0 aliphatic heterocycles. The monoisotopic (exact) mass is 206 g/mol. The number of hydrogen-bond acceptors (Lipinski definition) is 3. The second kappa shape index (κ2) is 3.56. The normalized spacial score (nSPS) is 10.5. The minimum atomic E-state index is -0.883. The number of aryl methyl sites for hydroxylation is 1. The summed E-state index contributed by atoms with van der Waals surface area (Å²) in [7, 11) is 0. The summed E-state index contributed by atoms with van der Waals surface area (Å²) in [6, 6.07) is 1.70. The quantitative estimate of drug-likeness (QED) is 0.690. The van der Waals surface area contributed by atoms with E-state index in [1.807, 2.05) is 6.92 Å². The highest BCUT2D eigenvalue weighted by molar-refractivity contribution is 5.70. The molecule has 0 unspecified atom stereocenters. The van der Waals surface area contributed by atoms with E-state index in [0.29, 0.717) is 11.4 Å². The summed E-state index contributed by atoms with van der Waals surface area (Å²) < 4.78 is 0. The van der Waals surface area contributed by atoms with Crippen LogP contribution in [0.4, 0.5) is 0 Å². The van der Waals surface area contributed by atoms with Gasteiger partial charge in [0.05, 0.1) is 18.3 Å². The first-order valence-electron chi connectivity index (χ1n) is 4.43. The number of carboxylic acids is 1. The molecule has 6 heteroatoms. The summed E-state index contributed by atoms with van der Waals surface area (Å²) in [5.41, 5.74) is 3.04. The van der Waals surface area contributed by atoms with E-state index in [9.17, 15) is 4.79 Å². The van der Waals surface area contributed by atoms with Crippen molar-refractivity contribution in [1.29, 1.82) is 0 Å². The Balaban J connectivity index is 2.28. The summed E-state index contributed by atoms with van der Waals surface area (Å²) in [5.74, 6) is -0.883. The summed E-state index contributed by atoms with van der Waals surface area (Å²) in [5, 5.41) is 22.0. The number of nitrogens with zero attached hydrogens (tertiary/aromatic N) is 2. The van der Waals surface area contributed by atoms with Gasteiger partial charge in [0.1, 0.15) is 5.69 Å². The standard InChI is InChI=1S/C9H10N4O2/c1-5-4-10-13-9(5)7-2-6(11-12-7)3-8(14)15/h2,4H,3H2,1H3,(H,10,13)(H,11,12)(H,14,15). The Morgan fingerprint density at radius 2 is 2.33 bits per heavy atom. The fourth-order valence-electron chi connectivity index (χ4n) is 1.35. The van der Waals surface area contributed by atoms with Gasteiger partial charge in [0, 0.05) is 5.69 Å². The molecule has 0 radical (unpaired) electrons. The van der Waals surface area contributed by atoms with Gasteiger partial charge in [0.15, 0.2) is 0 Å². The van der Waals surface area contributed by atoms with Crippen LogP contribution in [0.2, 0.25) is 0 Å². The van der Waals surface area contributed by atoms with E-state index < -0.39 is 5.97 Å². The number of aliphatic carboxylic acids is 1. The smallest absolute Gasteiger partial charge is 0.309 e. The van der Waals surface area contributed by atoms with E-state index in [4.69, 9.17) is 5.11 Å². The third kappa shape index (κ3) is 1.88. The molecule has 0 bridgehead atoms. The molecule has 0 saturated carbocycles. The lowest BCUT2D eigenvalue weighted by atomic mass is 10.2. The van der Waals surface area contributed by atoms with Crippen molar-refractivity contribution in [2.45, 2.75) is 13.3 Å². The Morgan fingerprint density at radius 1 is 1.53 bits per heavy atom. The summed E-state index contributed by atoms with van der Waals surface area (Å²) in [6.45, 7) is 1.91. The van der Waals surface area contributed by atoms with Crippen LogP contribution >= 0.6 is 0 Å². The first kappa shape index (κ1) is 9.45. The molecule has 2 aromatic rings. The Labute approximate surface area is 85.3 Å². The van der Waals surface area contributed by atoms with Crippen LogP contribution in [0.3, 0.4) is 0 Å². The van der Waals surface area contributed by atoms with Gasteiger partial charge in [-0.2, -0.15) is 10.2 Å². The van der Waals surface area contributed by atoms with Gasteiger partial charge in [-0.15, -0.1) is 0 Å². The molecule has 0 aliphatic rings. The largest absolute Gasteiger partial charge is 0.481 e. The van der Waals surface area contributed by atoms with Crippen LogP contribution in [-0.4, -0.2) is 31.5 Å². The molecule has 6 nitrogen and oxygen atoms in total. The van der Waals surface area contributed by atoms with Crippen molar-refractivity contribution in [1.82, 2.24) is 20.4 Å². The highest BCUT2D eigenvalue weighted by Gasteiger charge is 2.09. The molecule has 0 amide bonds. The number of carboxylic acid groups (broad SMARTS) is 1. The Morgan fingerprint density at radius 3 is 2.93 bits per heavy atom. The molecule has 0 atom stereocenters. The second-order valence-electron chi connectivity index (χ2n) is 3.28. The fraction of sp³-hybridized carbons (Fsp3) is 0.222. The number of carbonyl (C=O) groups is 1. The molecule has 0 aliphatic carbocycles. The van der Waals surface area contributed by atoms with Gasteiger partial charge in [-0.25, -0.2) is 0 Å². The van der Waals surface area contributed by atoms with E-state index in [-0.39, 0.29) is 6.42 Å². The molecule has 3 N–H and O–H groups in total. The minimum Gasteiger partial charge on any atom is -0.481 e. The average Bonchev–Trinajstić information content (AvgIpc) is 2.72. The maximum atomic E-state index is 10.5. The Kier molecular flexibility index (Phi) is 2.24. The third-order valence-electron chi connectivity index (χ3n) is 2.06. The maximum absolute atomic E-state index is 10.5. The molecule has 15 heavy (non-hydrogen) atoms. The van der Waals surface area contributed by atoms with Crippen molar-refractivity contribution in [2.24, 2.45) is 0 Å². The van der Waals surface area contributed by atoms with Crippen molar-refractivity contribution in [3.8, 4) is 11.4 Å². The van der Waals surface area contributed by atoms with Crippen molar-refractivity contribution >= 4 is 5.97 Å². The van der Waals surface area contributed by atoms with Gasteiger partial charge in [-0.05, 0) is 18.6 Å². The highest BCUT2D eigenvalue weighted by Crippen LogP contribution is 2.18. The molecular formula is C9H10N4O2. The van der Waals surface area contributed by atoms with Crippen molar-refractivity contribution in [3.05, 3.63) is 23.5 Å². The van der Waals surface area contributed by atoms with Crippen molar-refractivity contribution in [3.63, 3.8) is 0 Å². The lowest BCUT2D eigenvalue weighted by Crippen LogP contribution is -1.99. The van der Waals surface area contributed by atoms with Crippen molar-refractivity contribution < 1.29 is 9.90 Å². The number of aromatic amines is 2. The molecule has 2 aromatic heterocycles. The van der Waals surface area contributed by atoms with Crippen molar-refractivity contribution in [2.75, 3.05) is 0 Å². The van der Waals surface area contributed by atoms with E-state index in [0.717, 1.165) is 11.3 Å². The lowest BCUT2D eigenvalue weighted by molar-refractivity contribution is -0.136. The van der Waals surface area contributed by atoms with Gasteiger partial charge in [0.2, 0.25) is 0 Å². The third-order valence-corrected chi connectivity index (χ3v) is 2.06. The zero-order valence-electron chi connectivity index (χ0n) is 8.11. The summed E-state index contributed by atoms with van der Waals surface area (Å²) in [4.78, 5) is 10.5. The number of nitrogens with one attached hydrogen (secondary N) is 2. The van der Waals surface area contributed by atoms with Gasteiger partial charge in [-0.1, -0.05) is 0 Å². The molecule has 2 rings (SSSR count). The van der Waals surface area contributed by atoms with E-state index in [1.165, 1.54) is 0 Å². The molecule has 2 heterocycles. The van der Waals surface area contributed by atoms with Gasteiger partial charge in [-0.3, -0.25) is 15.0 Å². The fourth-order valence-corrected chi connectivity index (χ4v) is 1.35. The number of H-pyrrole nitrogens is 2. The molecular weight excluding hydrogens is 196 g/mol. The van der Waals surface area contributed by atoms with Gasteiger partial charge >= 0.3 is 5.97 Å². The molecule has 0 aromatic carbocycles. The first-order valence-corrected chi connectivity index (χ1v) is 4.43. The van der Waals surface area contributed by atoms with Crippen LogP contribution in [0.15, 0.2) is 12.3 Å². The number of hydrogen-bond donors (Lipinski definition) is 3. The van der Waals surface area contributed by atoms with Crippen LogP contribution in [0.25, 0.3) is 11.4 Å². The maximum Gasteiger partial charge on any atom is 0.309 e. The topological polar surface area (TPSA) is 94.7 Å². The lowest BCUT2D eigenvalue weighted by Gasteiger charge is -1.90. The summed E-state index contributed by atoms with van der Waals surface area (Å²) >= 11 is 0. The van der Waals surface area contributed by atoms with E-state index >= 15 is 0 Å². The number of aromatic nitrogens is 4. The van der Waals surface area contributed by atoms with Gasteiger partial charge in [0.25, 0.3) is 0 Å². The second-order valence-corrected chi connectivity index (χ2v) is 3.28. The minimum absolute atomic E-state index is 0.0554. The SMILES string of the molecule is Cc1cn[nH]c1-c1cc(CC(=O)O)[nH]n1. The van der Waals surface area contributed by atoms with Crippen LogP contribution in [0.5, 0.6) is 0 Å². The van der Waals surface area contributed by atoms with E-state index in [1.54, 1.807) is 12.3 Å².